The summed E-state index contributed by atoms with van der Waals surface area (Å²) in [5.74, 6) is 0. The molecular weight excluding hydrogens is 314 g/mol. The molecule has 0 aliphatic heterocycles. The summed E-state index contributed by atoms with van der Waals surface area (Å²) in [5, 5.41) is 2.81. The monoisotopic (exact) mass is 346 g/mol. The fourth-order valence-corrected chi connectivity index (χ4v) is 5.28. The van der Waals surface area contributed by atoms with Gasteiger partial charge in [-0.2, -0.15) is 4.40 Å². The number of pyridine rings is 2. The number of aromatic nitrogens is 1. The molecule has 4 rings (SSSR count). The Bertz CT molecular complexity index is 1050. The molecule has 1 aromatic carbocycles. The average Bonchev–Trinajstić information content (AvgIpc) is 2.70. The SMILES string of the molecule is CCc1c(C)c2cc3c(cc2c2cccc[n+]12)C(C)(C)C(C)(C)C3(C)C. The Morgan fingerprint density at radius 2 is 1.42 bits per heavy atom. The van der Waals surface area contributed by atoms with E-state index in [9.17, 15) is 0 Å². The number of hydrogen-bond acceptors (Lipinski definition) is 0. The van der Waals surface area contributed by atoms with Crippen molar-refractivity contribution in [2.75, 3.05) is 0 Å². The van der Waals surface area contributed by atoms with Gasteiger partial charge in [0.1, 0.15) is 0 Å². The van der Waals surface area contributed by atoms with E-state index in [0.29, 0.717) is 0 Å². The van der Waals surface area contributed by atoms with E-state index in [1.165, 1.54) is 38.7 Å². The molecule has 0 bridgehead atoms. The van der Waals surface area contributed by atoms with E-state index in [1.54, 1.807) is 0 Å². The minimum Gasteiger partial charge on any atom is -0.164 e. The lowest BCUT2D eigenvalue weighted by Crippen LogP contribution is -2.42. The Balaban J connectivity index is 2.23. The predicted molar refractivity (Wildman–Crippen MR) is 111 cm³/mol. The first-order valence-electron chi connectivity index (χ1n) is 9.96. The summed E-state index contributed by atoms with van der Waals surface area (Å²) in [6.45, 7) is 19.1. The van der Waals surface area contributed by atoms with Crippen molar-refractivity contribution in [1.29, 1.82) is 0 Å². The van der Waals surface area contributed by atoms with Gasteiger partial charge in [-0.05, 0) is 57.9 Å². The maximum Gasteiger partial charge on any atom is 0.218 e. The molecule has 0 unspecified atom stereocenters. The molecule has 0 amide bonds. The second-order valence-corrected chi connectivity index (χ2v) is 9.70. The van der Waals surface area contributed by atoms with E-state index in [0.717, 1.165) is 6.42 Å². The van der Waals surface area contributed by atoms with Crippen LogP contribution in [0.4, 0.5) is 0 Å². The van der Waals surface area contributed by atoms with Gasteiger partial charge in [-0.25, -0.2) is 0 Å². The van der Waals surface area contributed by atoms with Crippen LogP contribution in [0.25, 0.3) is 16.3 Å². The molecule has 3 aromatic rings. The highest BCUT2D eigenvalue weighted by Crippen LogP contribution is 2.62. The second kappa shape index (κ2) is 5.09. The van der Waals surface area contributed by atoms with Crippen molar-refractivity contribution < 1.29 is 4.40 Å². The van der Waals surface area contributed by atoms with Crippen molar-refractivity contribution >= 4 is 16.3 Å². The van der Waals surface area contributed by atoms with Gasteiger partial charge in [0.15, 0.2) is 11.9 Å². The number of benzene rings is 1. The standard InChI is InChI=1S/C25H32N/c1-9-21-16(2)17-14-19-20(24(5,6)25(7,8)23(19,3)4)15-18(17)22-12-10-11-13-26(21)22/h10-15H,9H2,1-8H3/q+1. The van der Waals surface area contributed by atoms with Crippen LogP contribution in [0, 0.1) is 12.3 Å². The first-order valence-corrected chi connectivity index (χ1v) is 9.96. The lowest BCUT2D eigenvalue weighted by atomic mass is 9.59. The first-order chi connectivity index (χ1) is 12.1. The van der Waals surface area contributed by atoms with Crippen molar-refractivity contribution in [3.8, 4) is 0 Å². The highest BCUT2D eigenvalue weighted by atomic mass is 14.9. The van der Waals surface area contributed by atoms with Crippen molar-refractivity contribution in [3.63, 3.8) is 0 Å². The number of rotatable bonds is 1. The molecule has 2 aromatic heterocycles. The number of nitrogens with zero attached hydrogens (tertiary/aromatic N) is 1. The van der Waals surface area contributed by atoms with Gasteiger partial charge >= 0.3 is 0 Å². The van der Waals surface area contributed by atoms with Crippen LogP contribution in [-0.2, 0) is 17.3 Å². The Hall–Kier alpha value is -1.89. The first kappa shape index (κ1) is 17.5. The summed E-state index contributed by atoms with van der Waals surface area (Å²) in [5.41, 5.74) is 7.71. The molecule has 1 aliphatic rings. The third kappa shape index (κ3) is 1.84. The molecule has 0 N–H and O–H groups in total. The molecule has 1 aliphatic carbocycles. The molecule has 0 atom stereocenters. The fraction of sp³-hybridized carbons (Fsp3) is 0.480. The van der Waals surface area contributed by atoms with Gasteiger partial charge in [0.05, 0.1) is 5.39 Å². The zero-order valence-corrected chi connectivity index (χ0v) is 17.6. The van der Waals surface area contributed by atoms with Gasteiger partial charge in [-0.1, -0.05) is 48.5 Å². The van der Waals surface area contributed by atoms with E-state index in [1.807, 2.05) is 0 Å². The Kier molecular flexibility index (Phi) is 3.43. The molecule has 1 heteroatoms. The lowest BCUT2D eigenvalue weighted by Gasteiger charge is -2.44. The molecule has 0 saturated heterocycles. The van der Waals surface area contributed by atoms with E-state index >= 15 is 0 Å². The second-order valence-electron chi connectivity index (χ2n) is 9.70. The summed E-state index contributed by atoms with van der Waals surface area (Å²) >= 11 is 0. The van der Waals surface area contributed by atoms with Gasteiger partial charge < -0.3 is 0 Å². The van der Waals surface area contributed by atoms with E-state index in [2.05, 4.69) is 96.3 Å². The minimum atomic E-state index is 0.142. The van der Waals surface area contributed by atoms with Crippen LogP contribution in [0.15, 0.2) is 36.5 Å². The van der Waals surface area contributed by atoms with E-state index < -0.39 is 0 Å². The lowest BCUT2D eigenvalue weighted by molar-refractivity contribution is -0.520. The highest BCUT2D eigenvalue weighted by Gasteiger charge is 2.56. The highest BCUT2D eigenvalue weighted by molar-refractivity contribution is 5.97. The Morgan fingerprint density at radius 3 is 2.00 bits per heavy atom. The normalized spacial score (nSPS) is 19.8. The van der Waals surface area contributed by atoms with Crippen molar-refractivity contribution in [1.82, 2.24) is 0 Å². The van der Waals surface area contributed by atoms with Crippen LogP contribution < -0.4 is 4.40 Å². The van der Waals surface area contributed by atoms with Crippen LogP contribution in [0.2, 0.25) is 0 Å². The minimum absolute atomic E-state index is 0.142. The molecule has 26 heavy (non-hydrogen) atoms. The van der Waals surface area contributed by atoms with Crippen molar-refractivity contribution in [3.05, 3.63) is 58.9 Å². The molecule has 1 nitrogen and oxygen atoms in total. The topological polar surface area (TPSA) is 4.10 Å². The quantitative estimate of drug-likeness (QED) is 0.373. The van der Waals surface area contributed by atoms with Crippen LogP contribution >= 0.6 is 0 Å². The Morgan fingerprint density at radius 1 is 0.846 bits per heavy atom. The van der Waals surface area contributed by atoms with Crippen LogP contribution in [-0.4, -0.2) is 0 Å². The number of aryl methyl sites for hydroxylation is 2. The fourth-order valence-electron chi connectivity index (χ4n) is 5.28. The van der Waals surface area contributed by atoms with E-state index in [-0.39, 0.29) is 16.2 Å². The third-order valence-electron chi connectivity index (χ3n) is 8.23. The molecule has 0 saturated carbocycles. The summed E-state index contributed by atoms with van der Waals surface area (Å²) in [7, 11) is 0. The van der Waals surface area contributed by atoms with Gasteiger partial charge in [-0.3, -0.25) is 0 Å². The van der Waals surface area contributed by atoms with Crippen molar-refractivity contribution in [2.24, 2.45) is 5.41 Å². The van der Waals surface area contributed by atoms with Gasteiger partial charge in [0.2, 0.25) is 5.52 Å². The molecule has 2 heterocycles. The molecule has 0 spiro atoms. The third-order valence-corrected chi connectivity index (χ3v) is 8.23. The van der Waals surface area contributed by atoms with Crippen LogP contribution in [0.5, 0.6) is 0 Å². The van der Waals surface area contributed by atoms with Gasteiger partial charge in [0.25, 0.3) is 0 Å². The zero-order chi connectivity index (χ0) is 19.1. The maximum absolute atomic E-state index is 2.52. The maximum atomic E-state index is 2.52. The zero-order valence-electron chi connectivity index (χ0n) is 17.6. The predicted octanol–water partition coefficient (Wildman–Crippen LogP) is 6.04. The average molecular weight is 347 g/mol. The molecule has 136 valence electrons. The largest absolute Gasteiger partial charge is 0.218 e. The van der Waals surface area contributed by atoms with Gasteiger partial charge in [-0.15, -0.1) is 0 Å². The molecule has 0 radical (unpaired) electrons. The summed E-state index contributed by atoms with van der Waals surface area (Å²) < 4.78 is 2.39. The van der Waals surface area contributed by atoms with Gasteiger partial charge in [0, 0.05) is 24.1 Å². The van der Waals surface area contributed by atoms with Crippen molar-refractivity contribution in [2.45, 2.75) is 72.6 Å². The summed E-state index contributed by atoms with van der Waals surface area (Å²) in [6, 6.07) is 11.6. The summed E-state index contributed by atoms with van der Waals surface area (Å²) in [6.07, 6.45) is 3.26. The number of fused-ring (bicyclic) bond motifs is 4. The smallest absolute Gasteiger partial charge is 0.164 e. The van der Waals surface area contributed by atoms with Crippen LogP contribution in [0.3, 0.4) is 0 Å². The van der Waals surface area contributed by atoms with Crippen LogP contribution in [0.1, 0.15) is 70.9 Å². The number of hydrogen-bond donors (Lipinski definition) is 0. The molecule has 0 fully saturated rings. The Labute approximate surface area is 158 Å². The van der Waals surface area contributed by atoms with E-state index in [4.69, 9.17) is 0 Å². The molecular formula is C25H32N+. The summed E-state index contributed by atoms with van der Waals surface area (Å²) in [4.78, 5) is 0.